The fourth-order valence-electron chi connectivity index (χ4n) is 3.39. The predicted molar refractivity (Wildman–Crippen MR) is 82.4 cm³/mol. The molecule has 1 saturated carbocycles. The Bertz CT molecular complexity index is 569. The van der Waals surface area contributed by atoms with E-state index >= 15 is 0 Å². The summed E-state index contributed by atoms with van der Waals surface area (Å²) in [5, 5.41) is 1.22. The SMILES string of the molecule is CN(Cc1c(CN)oc2ccccc12)C1CCCCC1. The molecule has 3 heteroatoms. The summed E-state index contributed by atoms with van der Waals surface area (Å²) in [5.41, 5.74) is 8.09. The van der Waals surface area contributed by atoms with Gasteiger partial charge < -0.3 is 10.2 Å². The van der Waals surface area contributed by atoms with E-state index < -0.39 is 0 Å². The molecule has 2 N–H and O–H groups in total. The van der Waals surface area contributed by atoms with E-state index in [4.69, 9.17) is 10.2 Å². The summed E-state index contributed by atoms with van der Waals surface area (Å²) in [6.45, 7) is 1.41. The van der Waals surface area contributed by atoms with Gasteiger partial charge in [-0.15, -0.1) is 0 Å². The van der Waals surface area contributed by atoms with Crippen LogP contribution in [0.5, 0.6) is 0 Å². The number of nitrogens with two attached hydrogens (primary N) is 1. The van der Waals surface area contributed by atoms with Crippen LogP contribution in [0.1, 0.15) is 43.4 Å². The van der Waals surface area contributed by atoms with Gasteiger partial charge in [0.2, 0.25) is 0 Å². The zero-order valence-corrected chi connectivity index (χ0v) is 12.3. The van der Waals surface area contributed by atoms with E-state index in [1.807, 2.05) is 12.1 Å². The standard InChI is InChI=1S/C17H24N2O/c1-19(13-7-3-2-4-8-13)12-15-14-9-5-6-10-16(14)20-17(15)11-18/h5-6,9-10,13H,2-4,7-8,11-12,18H2,1H3. The Labute approximate surface area is 120 Å². The van der Waals surface area contributed by atoms with Crippen molar-refractivity contribution in [1.82, 2.24) is 4.90 Å². The molecule has 0 atom stereocenters. The molecule has 0 aliphatic heterocycles. The molecule has 1 heterocycles. The predicted octanol–water partition coefficient (Wildman–Crippen LogP) is 3.66. The van der Waals surface area contributed by atoms with E-state index in [1.54, 1.807) is 0 Å². The summed E-state index contributed by atoms with van der Waals surface area (Å²) in [5.74, 6) is 0.939. The van der Waals surface area contributed by atoms with Crippen molar-refractivity contribution in [1.29, 1.82) is 0 Å². The normalized spacial score (nSPS) is 17.1. The molecule has 0 bridgehead atoms. The van der Waals surface area contributed by atoms with E-state index in [0.717, 1.165) is 17.9 Å². The van der Waals surface area contributed by atoms with Crippen LogP contribution in [0.15, 0.2) is 28.7 Å². The molecule has 2 aromatic rings. The Hall–Kier alpha value is -1.32. The van der Waals surface area contributed by atoms with Gasteiger partial charge in [0.1, 0.15) is 11.3 Å². The van der Waals surface area contributed by atoms with Crippen LogP contribution in [0.25, 0.3) is 11.0 Å². The van der Waals surface area contributed by atoms with E-state index in [-0.39, 0.29) is 0 Å². The largest absolute Gasteiger partial charge is 0.459 e. The van der Waals surface area contributed by atoms with Crippen molar-refractivity contribution >= 4 is 11.0 Å². The van der Waals surface area contributed by atoms with Gasteiger partial charge in [-0.1, -0.05) is 37.5 Å². The van der Waals surface area contributed by atoms with E-state index in [1.165, 1.54) is 43.1 Å². The molecule has 1 aromatic carbocycles. The lowest BCUT2D eigenvalue weighted by molar-refractivity contribution is 0.184. The average Bonchev–Trinajstić information content (AvgIpc) is 2.86. The van der Waals surface area contributed by atoms with Crippen molar-refractivity contribution in [3.8, 4) is 0 Å². The molecular formula is C17H24N2O. The van der Waals surface area contributed by atoms with Gasteiger partial charge in [-0.2, -0.15) is 0 Å². The highest BCUT2D eigenvalue weighted by atomic mass is 16.3. The number of nitrogens with zero attached hydrogens (tertiary/aromatic N) is 1. The first kappa shape index (κ1) is 13.7. The molecule has 1 aliphatic rings. The zero-order valence-electron chi connectivity index (χ0n) is 12.3. The minimum atomic E-state index is 0.475. The number of benzene rings is 1. The van der Waals surface area contributed by atoms with E-state index in [2.05, 4.69) is 24.1 Å². The third kappa shape index (κ3) is 2.60. The fraction of sp³-hybridized carbons (Fsp3) is 0.529. The number of rotatable bonds is 4. The lowest BCUT2D eigenvalue weighted by Gasteiger charge is -2.31. The summed E-state index contributed by atoms with van der Waals surface area (Å²) in [4.78, 5) is 2.48. The van der Waals surface area contributed by atoms with Gasteiger partial charge in [0.05, 0.1) is 6.54 Å². The van der Waals surface area contributed by atoms with Crippen LogP contribution >= 0.6 is 0 Å². The number of hydrogen-bond acceptors (Lipinski definition) is 3. The van der Waals surface area contributed by atoms with Crippen molar-refractivity contribution < 1.29 is 4.42 Å². The molecule has 20 heavy (non-hydrogen) atoms. The molecule has 0 amide bonds. The first-order valence-electron chi connectivity index (χ1n) is 7.69. The summed E-state index contributed by atoms with van der Waals surface area (Å²) in [7, 11) is 2.23. The highest BCUT2D eigenvalue weighted by Crippen LogP contribution is 2.29. The van der Waals surface area contributed by atoms with Crippen LogP contribution in [-0.2, 0) is 13.1 Å². The van der Waals surface area contributed by atoms with Crippen molar-refractivity contribution in [3.63, 3.8) is 0 Å². The summed E-state index contributed by atoms with van der Waals surface area (Å²) in [6.07, 6.45) is 6.78. The van der Waals surface area contributed by atoms with Gasteiger partial charge in [0.15, 0.2) is 0 Å². The van der Waals surface area contributed by atoms with Gasteiger partial charge in [0, 0.05) is 23.5 Å². The van der Waals surface area contributed by atoms with E-state index in [9.17, 15) is 0 Å². The first-order chi connectivity index (χ1) is 9.79. The molecule has 3 nitrogen and oxygen atoms in total. The van der Waals surface area contributed by atoms with Crippen molar-refractivity contribution in [2.24, 2.45) is 5.73 Å². The fourth-order valence-corrected chi connectivity index (χ4v) is 3.39. The first-order valence-corrected chi connectivity index (χ1v) is 7.69. The van der Waals surface area contributed by atoms with Gasteiger partial charge in [-0.25, -0.2) is 0 Å². The van der Waals surface area contributed by atoms with Crippen LogP contribution in [0.2, 0.25) is 0 Å². The molecule has 0 spiro atoms. The Morgan fingerprint density at radius 2 is 1.95 bits per heavy atom. The lowest BCUT2D eigenvalue weighted by atomic mass is 9.94. The lowest BCUT2D eigenvalue weighted by Crippen LogP contribution is -2.33. The van der Waals surface area contributed by atoms with Gasteiger partial charge in [-0.3, -0.25) is 4.90 Å². The van der Waals surface area contributed by atoms with Crippen LogP contribution in [-0.4, -0.2) is 18.0 Å². The van der Waals surface area contributed by atoms with Crippen molar-refractivity contribution in [2.75, 3.05) is 7.05 Å². The van der Waals surface area contributed by atoms with Crippen LogP contribution in [0.4, 0.5) is 0 Å². The minimum absolute atomic E-state index is 0.475. The molecule has 1 aromatic heterocycles. The number of hydrogen-bond donors (Lipinski definition) is 1. The third-order valence-electron chi connectivity index (χ3n) is 4.57. The van der Waals surface area contributed by atoms with Gasteiger partial charge in [0.25, 0.3) is 0 Å². The highest BCUT2D eigenvalue weighted by molar-refractivity contribution is 5.82. The molecule has 1 fully saturated rings. The quantitative estimate of drug-likeness (QED) is 0.923. The molecule has 108 valence electrons. The monoisotopic (exact) mass is 272 g/mol. The second kappa shape index (κ2) is 5.98. The number of fused-ring (bicyclic) bond motifs is 1. The van der Waals surface area contributed by atoms with E-state index in [0.29, 0.717) is 12.6 Å². The molecule has 0 unspecified atom stereocenters. The maximum absolute atomic E-state index is 5.88. The molecule has 0 radical (unpaired) electrons. The molecule has 0 saturated heterocycles. The van der Waals surface area contributed by atoms with Crippen molar-refractivity contribution in [3.05, 3.63) is 35.6 Å². The number of para-hydroxylation sites is 1. The van der Waals surface area contributed by atoms with Crippen molar-refractivity contribution in [2.45, 2.75) is 51.2 Å². The van der Waals surface area contributed by atoms with Crippen LogP contribution < -0.4 is 5.73 Å². The minimum Gasteiger partial charge on any atom is -0.459 e. The Kier molecular flexibility index (Phi) is 4.08. The summed E-state index contributed by atoms with van der Waals surface area (Å²) < 4.78 is 5.88. The van der Waals surface area contributed by atoms with Crippen LogP contribution in [0, 0.1) is 0 Å². The second-order valence-corrected chi connectivity index (χ2v) is 5.91. The van der Waals surface area contributed by atoms with Gasteiger partial charge in [-0.05, 0) is 26.0 Å². The molecular weight excluding hydrogens is 248 g/mol. The Balaban J connectivity index is 1.85. The third-order valence-corrected chi connectivity index (χ3v) is 4.57. The smallest absolute Gasteiger partial charge is 0.134 e. The number of furan rings is 1. The highest BCUT2D eigenvalue weighted by Gasteiger charge is 2.21. The van der Waals surface area contributed by atoms with Gasteiger partial charge >= 0.3 is 0 Å². The Morgan fingerprint density at radius 1 is 1.20 bits per heavy atom. The molecule has 3 rings (SSSR count). The summed E-state index contributed by atoms with van der Waals surface area (Å²) in [6, 6.07) is 8.96. The second-order valence-electron chi connectivity index (χ2n) is 5.91. The average molecular weight is 272 g/mol. The summed E-state index contributed by atoms with van der Waals surface area (Å²) >= 11 is 0. The maximum Gasteiger partial charge on any atom is 0.134 e. The zero-order chi connectivity index (χ0) is 13.9. The molecule has 1 aliphatic carbocycles. The topological polar surface area (TPSA) is 42.4 Å². The maximum atomic E-state index is 5.88. The van der Waals surface area contributed by atoms with Crippen LogP contribution in [0.3, 0.4) is 0 Å². The Morgan fingerprint density at radius 3 is 2.70 bits per heavy atom.